The zero-order valence-electron chi connectivity index (χ0n) is 17.0. The topological polar surface area (TPSA) is 88.2 Å². The van der Waals surface area contributed by atoms with E-state index >= 15 is 0 Å². The molecule has 0 aromatic carbocycles. The number of ether oxygens (including phenoxy) is 1. The number of thioether (sulfide) groups is 1. The highest BCUT2D eigenvalue weighted by molar-refractivity contribution is 8.13. The summed E-state index contributed by atoms with van der Waals surface area (Å²) in [6.45, 7) is 5.12. The average molecular weight is 419 g/mol. The molecule has 0 bridgehead atoms. The summed E-state index contributed by atoms with van der Waals surface area (Å²) in [7, 11) is 0. The fourth-order valence-corrected chi connectivity index (χ4v) is 5.50. The van der Waals surface area contributed by atoms with Gasteiger partial charge >= 0.3 is 0 Å². The number of carbonyl (C=O) groups excluding carboxylic acids is 2. The van der Waals surface area contributed by atoms with Gasteiger partial charge in [-0.15, -0.1) is 0 Å². The largest absolute Gasteiger partial charge is 0.379 e. The lowest BCUT2D eigenvalue weighted by Gasteiger charge is -2.37. The molecule has 0 aromatic rings. The van der Waals surface area contributed by atoms with E-state index in [0.29, 0.717) is 38.0 Å². The van der Waals surface area contributed by atoms with Gasteiger partial charge in [-0.25, -0.2) is 0 Å². The number of allylic oxidation sites excluding steroid dienone is 1. The molecule has 0 saturated carbocycles. The molecule has 1 aliphatic carbocycles. The second-order valence-electron chi connectivity index (χ2n) is 8.39. The predicted molar refractivity (Wildman–Crippen MR) is 115 cm³/mol. The maximum Gasteiger partial charge on any atom is 0.253 e. The number of carbonyl (C=O) groups is 2. The van der Waals surface area contributed by atoms with Crippen LogP contribution < -0.4 is 5.73 Å². The van der Waals surface area contributed by atoms with E-state index < -0.39 is 0 Å². The standard InChI is InChI=1S/C21H30N4O3S/c1-21(8-14-29-20(22)23-21)16-6-4-15(5-7-16)18(26)24-9-11-25(12-10-24)19(27)17-3-2-13-28-17/h4-6,16-17H,2-3,7-14H2,1H3,(H2,22,23). The minimum absolute atomic E-state index is 0.0521. The predicted octanol–water partition coefficient (Wildman–Crippen LogP) is 1.55. The van der Waals surface area contributed by atoms with E-state index in [1.165, 1.54) is 0 Å². The Bertz CT molecular complexity index is 751. The van der Waals surface area contributed by atoms with Gasteiger partial charge in [-0.2, -0.15) is 0 Å². The van der Waals surface area contributed by atoms with Gasteiger partial charge < -0.3 is 20.3 Å². The normalized spacial score (nSPS) is 32.7. The third-order valence-electron chi connectivity index (χ3n) is 6.45. The summed E-state index contributed by atoms with van der Waals surface area (Å²) >= 11 is 1.61. The highest BCUT2D eigenvalue weighted by atomic mass is 32.2. The van der Waals surface area contributed by atoms with Crippen molar-refractivity contribution in [3.05, 3.63) is 23.8 Å². The maximum absolute atomic E-state index is 12.9. The number of aliphatic imine (C=N–C) groups is 1. The van der Waals surface area contributed by atoms with Gasteiger partial charge in [0.25, 0.3) is 11.8 Å². The van der Waals surface area contributed by atoms with Crippen molar-refractivity contribution in [3.63, 3.8) is 0 Å². The van der Waals surface area contributed by atoms with Crippen LogP contribution in [0.5, 0.6) is 0 Å². The Labute approximate surface area is 176 Å². The minimum atomic E-state index is -0.283. The Morgan fingerprint density at radius 2 is 2.03 bits per heavy atom. The molecular weight excluding hydrogens is 388 g/mol. The molecule has 3 unspecified atom stereocenters. The van der Waals surface area contributed by atoms with Crippen LogP contribution in [0.1, 0.15) is 32.6 Å². The SMILES string of the molecule is CC1(C2C=CC(C(=O)N3CCN(C(=O)C4CCCO4)CC3)=CC2)CCSC(N)=N1. The first-order chi connectivity index (χ1) is 14.0. The summed E-state index contributed by atoms with van der Waals surface area (Å²) < 4.78 is 5.50. The highest BCUT2D eigenvalue weighted by Gasteiger charge is 2.36. The van der Waals surface area contributed by atoms with Gasteiger partial charge in [0.15, 0.2) is 5.17 Å². The van der Waals surface area contributed by atoms with Crippen molar-refractivity contribution in [3.8, 4) is 0 Å². The molecule has 29 heavy (non-hydrogen) atoms. The number of hydrogen-bond acceptors (Lipinski definition) is 6. The number of rotatable bonds is 3. The van der Waals surface area contributed by atoms with Gasteiger partial charge in [-0.3, -0.25) is 14.6 Å². The van der Waals surface area contributed by atoms with Crippen molar-refractivity contribution in [1.82, 2.24) is 9.80 Å². The molecule has 7 nitrogen and oxygen atoms in total. The smallest absolute Gasteiger partial charge is 0.253 e. The first-order valence-electron chi connectivity index (χ1n) is 10.5. The van der Waals surface area contributed by atoms with E-state index in [2.05, 4.69) is 18.0 Å². The van der Waals surface area contributed by atoms with E-state index in [0.717, 1.165) is 37.0 Å². The van der Waals surface area contributed by atoms with Crippen LogP contribution in [-0.4, -0.2) is 77.0 Å². The molecule has 0 spiro atoms. The zero-order valence-corrected chi connectivity index (χ0v) is 17.8. The second kappa shape index (κ2) is 8.52. The van der Waals surface area contributed by atoms with Crippen LogP contribution in [0, 0.1) is 5.92 Å². The number of nitrogens with zero attached hydrogens (tertiary/aromatic N) is 3. The molecule has 2 fully saturated rings. The second-order valence-corrected chi connectivity index (χ2v) is 9.50. The number of amidine groups is 1. The Balaban J connectivity index is 1.31. The molecule has 2 amide bonds. The van der Waals surface area contributed by atoms with Crippen LogP contribution >= 0.6 is 11.8 Å². The van der Waals surface area contributed by atoms with Gasteiger partial charge in [0.2, 0.25) is 0 Å². The van der Waals surface area contributed by atoms with Gasteiger partial charge in [0.1, 0.15) is 6.10 Å². The Morgan fingerprint density at radius 1 is 1.28 bits per heavy atom. The lowest BCUT2D eigenvalue weighted by molar-refractivity contribution is -0.145. The number of nitrogens with two attached hydrogens (primary N) is 1. The molecular formula is C21H30N4O3S. The number of amides is 2. The van der Waals surface area contributed by atoms with Crippen molar-refractivity contribution >= 4 is 28.7 Å². The summed E-state index contributed by atoms with van der Waals surface area (Å²) in [5.74, 6) is 1.38. The molecule has 3 atom stereocenters. The van der Waals surface area contributed by atoms with Crippen molar-refractivity contribution in [2.75, 3.05) is 38.5 Å². The first-order valence-corrected chi connectivity index (χ1v) is 11.5. The van der Waals surface area contributed by atoms with E-state index in [1.54, 1.807) is 11.8 Å². The molecule has 2 saturated heterocycles. The van der Waals surface area contributed by atoms with Crippen molar-refractivity contribution < 1.29 is 14.3 Å². The van der Waals surface area contributed by atoms with Crippen molar-refractivity contribution in [2.45, 2.75) is 44.2 Å². The van der Waals surface area contributed by atoms with E-state index in [9.17, 15) is 9.59 Å². The Kier molecular flexibility index (Phi) is 6.01. The maximum atomic E-state index is 12.9. The lowest BCUT2D eigenvalue weighted by atomic mass is 9.78. The summed E-state index contributed by atoms with van der Waals surface area (Å²) in [5, 5.41) is 0.661. The van der Waals surface area contributed by atoms with Crippen LogP contribution in [0.25, 0.3) is 0 Å². The quantitative estimate of drug-likeness (QED) is 0.751. The van der Waals surface area contributed by atoms with Gasteiger partial charge in [-0.1, -0.05) is 30.0 Å². The van der Waals surface area contributed by atoms with Crippen LogP contribution in [0.4, 0.5) is 0 Å². The molecule has 3 heterocycles. The molecule has 4 rings (SSSR count). The molecule has 4 aliphatic rings. The third-order valence-corrected chi connectivity index (χ3v) is 7.25. The fraction of sp³-hybridized carbons (Fsp3) is 0.667. The number of piperazine rings is 1. The van der Waals surface area contributed by atoms with Crippen LogP contribution in [0.15, 0.2) is 28.8 Å². The average Bonchev–Trinajstić information content (AvgIpc) is 3.28. The summed E-state index contributed by atoms with van der Waals surface area (Å²) in [6, 6.07) is 0. The Hall–Kier alpha value is -1.80. The molecule has 8 heteroatoms. The van der Waals surface area contributed by atoms with Crippen molar-refractivity contribution in [1.29, 1.82) is 0 Å². The van der Waals surface area contributed by atoms with Gasteiger partial charge in [0, 0.05) is 50.0 Å². The molecule has 0 radical (unpaired) electrons. The van der Waals surface area contributed by atoms with E-state index in [1.807, 2.05) is 22.0 Å². The third kappa shape index (κ3) is 4.38. The van der Waals surface area contributed by atoms with Crippen LogP contribution in [0.2, 0.25) is 0 Å². The first kappa shape index (κ1) is 20.5. The number of hydrogen-bond donors (Lipinski definition) is 1. The molecule has 2 N–H and O–H groups in total. The molecule has 0 aromatic heterocycles. The van der Waals surface area contributed by atoms with Crippen molar-refractivity contribution in [2.24, 2.45) is 16.6 Å². The fourth-order valence-electron chi connectivity index (χ4n) is 4.50. The van der Waals surface area contributed by atoms with Gasteiger partial charge in [0.05, 0.1) is 5.54 Å². The van der Waals surface area contributed by atoms with Crippen LogP contribution in [-0.2, 0) is 14.3 Å². The monoisotopic (exact) mass is 418 g/mol. The highest BCUT2D eigenvalue weighted by Crippen LogP contribution is 2.37. The molecule has 158 valence electrons. The summed E-state index contributed by atoms with van der Waals surface area (Å²) in [5.41, 5.74) is 6.49. The molecule has 3 aliphatic heterocycles. The van der Waals surface area contributed by atoms with E-state index in [-0.39, 0.29) is 29.4 Å². The summed E-state index contributed by atoms with van der Waals surface area (Å²) in [6.07, 6.45) is 9.37. The van der Waals surface area contributed by atoms with Crippen LogP contribution in [0.3, 0.4) is 0 Å². The zero-order chi connectivity index (χ0) is 20.4. The van der Waals surface area contributed by atoms with Gasteiger partial charge in [-0.05, 0) is 32.6 Å². The van der Waals surface area contributed by atoms with E-state index in [4.69, 9.17) is 10.5 Å². The summed E-state index contributed by atoms with van der Waals surface area (Å²) in [4.78, 5) is 33.8. The lowest BCUT2D eigenvalue weighted by Crippen LogP contribution is -2.53. The Morgan fingerprint density at radius 3 is 2.66 bits per heavy atom. The minimum Gasteiger partial charge on any atom is -0.379 e.